The summed E-state index contributed by atoms with van der Waals surface area (Å²) in [7, 11) is 1.13. The number of aliphatic hydroxyl groups excluding tert-OH is 9. The van der Waals surface area contributed by atoms with E-state index in [1.807, 2.05) is 49.5 Å². The van der Waals surface area contributed by atoms with Gasteiger partial charge in [0.1, 0.15) is 24.2 Å². The SMILES string of the molecule is COC(=O)[C@H]1[C@@H]2C[C@@H](O[C@@H]3O[C@@H](C)[C@@H](O)[C@H](NC(=S)NCCN4CCCCC4)[C@@H]3O)/C=C/C=C/C=C/C=C/C=C/C=C/C=C/[C@H](C)[C@@H](O)[C@@H](C)[C@H](C)OC(=O)C[C@H](O)C[C@H](O)CC[C@@H](O)[C@H](O)C[C@H](O)C[C@](O)(C[C@@H]1O)O2. The van der Waals surface area contributed by atoms with Crippen LogP contribution in [0, 0.1) is 17.8 Å². The summed E-state index contributed by atoms with van der Waals surface area (Å²) in [5, 5.41) is 118. The molecule has 0 aromatic heterocycles. The number of piperidine rings is 1. The number of ether oxygens (including phenoxy) is 5. The Morgan fingerprint density at radius 3 is 1.95 bits per heavy atom. The van der Waals surface area contributed by atoms with E-state index < -0.39 is 147 Å². The number of nitrogens with one attached hydrogen (secondary N) is 2. The monoisotopic (exact) mass is 1110 g/mol. The number of hydrogen-bond donors (Lipinski definition) is 12. The standard InChI is InChI=1S/C56H89N3O17S/c1-35-21-17-14-12-10-8-6-7-9-11-13-15-18-22-42(75-54-52(69)49(51(68)38(4)74-54)58-55(77)57-25-28-59-26-19-16-20-27-59)32-46-48(53(70)72-5)45(65)34-56(71,76-46)33-41(62)30-44(64)43(63)24-23-39(60)29-40(61)31-47(66)73-37(3)36(2)50(35)67/h6-15,17-18,21-22,35-46,48-52,54,60-65,67-69,71H,16,19-20,23-34H2,1-5H3,(H2,57,58,77)/b7-6+,10-8+,11-9+,14-12+,15-13+,21-17+,22-18+/t35-,36-,37-,38-,39+,40+,41-,42-,43+,44+,45-,46-,48+,49-,50+,51+,52-,54-,56+/m0/s1. The number of allylic oxidation sites excluding steroid dienone is 12. The third-order valence-electron chi connectivity index (χ3n) is 14.6. The number of likely N-dealkylation sites (tertiary alicyclic amines) is 1. The Hall–Kier alpha value is -3.75. The fraction of sp³-hybridized carbons (Fsp3) is 0.696. The average molecular weight is 1110 g/mol. The Kier molecular flexibility index (Phi) is 28.8. The van der Waals surface area contributed by atoms with Crippen LogP contribution in [0.1, 0.15) is 98.3 Å². The minimum atomic E-state index is -2.30. The van der Waals surface area contributed by atoms with Crippen LogP contribution in [-0.4, -0.2) is 204 Å². The normalized spacial score (nSPS) is 41.5. The van der Waals surface area contributed by atoms with E-state index in [-0.39, 0.29) is 36.7 Å². The van der Waals surface area contributed by atoms with Crippen molar-refractivity contribution in [3.8, 4) is 0 Å². The zero-order valence-corrected chi connectivity index (χ0v) is 46.1. The first-order chi connectivity index (χ1) is 36.6. The van der Waals surface area contributed by atoms with Crippen LogP contribution in [0.3, 0.4) is 0 Å². The number of aliphatic hydroxyl groups is 10. The smallest absolute Gasteiger partial charge is 0.313 e. The molecule has 4 heterocycles. The minimum absolute atomic E-state index is 0.100. The molecule has 12 N–H and O–H groups in total. The number of carbonyl (C=O) groups excluding carboxylic acids is 2. The highest BCUT2D eigenvalue weighted by Gasteiger charge is 2.51. The molecule has 0 spiro atoms. The summed E-state index contributed by atoms with van der Waals surface area (Å²) in [6.07, 6.45) is 7.84. The number of fused-ring (bicyclic) bond motifs is 2. The van der Waals surface area contributed by atoms with Crippen molar-refractivity contribution in [2.24, 2.45) is 17.8 Å². The van der Waals surface area contributed by atoms with Crippen LogP contribution in [-0.2, 0) is 33.3 Å². The van der Waals surface area contributed by atoms with Crippen molar-refractivity contribution in [3.63, 3.8) is 0 Å². The number of methoxy groups -OCH3 is 1. The maximum absolute atomic E-state index is 13.3. The van der Waals surface area contributed by atoms with Gasteiger partial charge in [0, 0.05) is 50.6 Å². The second-order valence-electron chi connectivity index (χ2n) is 21.0. The molecule has 0 aliphatic carbocycles. The molecular formula is C56H89N3O17S. The summed E-state index contributed by atoms with van der Waals surface area (Å²) in [6.45, 7) is 10.2. The van der Waals surface area contributed by atoms with E-state index >= 15 is 0 Å². The lowest BCUT2D eigenvalue weighted by Gasteiger charge is -2.46. The van der Waals surface area contributed by atoms with Crippen molar-refractivity contribution in [1.29, 1.82) is 0 Å². The molecule has 3 fully saturated rings. The number of esters is 2. The summed E-state index contributed by atoms with van der Waals surface area (Å²) in [5.74, 6) is -6.00. The van der Waals surface area contributed by atoms with Gasteiger partial charge in [-0.2, -0.15) is 0 Å². The van der Waals surface area contributed by atoms with E-state index in [9.17, 15) is 60.7 Å². The first kappa shape index (κ1) is 65.8. The molecule has 19 atom stereocenters. The van der Waals surface area contributed by atoms with Gasteiger partial charge in [-0.1, -0.05) is 105 Å². The van der Waals surface area contributed by atoms with E-state index in [4.69, 9.17) is 35.9 Å². The summed E-state index contributed by atoms with van der Waals surface area (Å²) >= 11 is 5.57. The highest BCUT2D eigenvalue weighted by atomic mass is 32.1. The number of cyclic esters (lactones) is 1. The molecule has 21 heteroatoms. The third-order valence-corrected chi connectivity index (χ3v) is 14.9. The van der Waals surface area contributed by atoms with Crippen molar-refractivity contribution in [1.82, 2.24) is 15.5 Å². The first-order valence-corrected chi connectivity index (χ1v) is 27.6. The molecule has 3 saturated heterocycles. The van der Waals surface area contributed by atoms with Crippen LogP contribution in [0.2, 0.25) is 0 Å². The van der Waals surface area contributed by atoms with Crippen LogP contribution < -0.4 is 10.6 Å². The lowest BCUT2D eigenvalue weighted by Crippen LogP contribution is -2.65. The lowest BCUT2D eigenvalue weighted by atomic mass is 9.82. The van der Waals surface area contributed by atoms with Crippen LogP contribution in [0.25, 0.3) is 0 Å². The second kappa shape index (κ2) is 33.7. The van der Waals surface area contributed by atoms with Gasteiger partial charge in [-0.15, -0.1) is 0 Å². The molecule has 4 aliphatic rings. The highest BCUT2D eigenvalue weighted by molar-refractivity contribution is 7.80. The van der Waals surface area contributed by atoms with E-state index in [1.165, 1.54) is 6.42 Å². The molecule has 0 saturated carbocycles. The minimum Gasteiger partial charge on any atom is -0.469 e. The molecule has 77 heavy (non-hydrogen) atoms. The Labute approximate surface area is 459 Å². The molecule has 0 amide bonds. The van der Waals surface area contributed by atoms with Crippen LogP contribution in [0.15, 0.2) is 85.1 Å². The number of hydrogen-bond acceptors (Lipinski definition) is 19. The van der Waals surface area contributed by atoms with E-state index in [2.05, 4.69) is 15.5 Å². The van der Waals surface area contributed by atoms with Crippen molar-refractivity contribution in [3.05, 3.63) is 85.1 Å². The molecular weight excluding hydrogens is 1020 g/mol. The van der Waals surface area contributed by atoms with Crippen LogP contribution in [0.4, 0.5) is 0 Å². The molecule has 0 unspecified atom stereocenters. The van der Waals surface area contributed by atoms with Gasteiger partial charge in [-0.05, 0) is 71.3 Å². The molecule has 4 rings (SSSR count). The molecule has 0 radical (unpaired) electrons. The Bertz CT molecular complexity index is 2000. The van der Waals surface area contributed by atoms with Gasteiger partial charge in [-0.25, -0.2) is 0 Å². The predicted molar refractivity (Wildman–Crippen MR) is 291 cm³/mol. The number of rotatable bonds is 7. The molecule has 20 nitrogen and oxygen atoms in total. The molecule has 0 aromatic carbocycles. The van der Waals surface area contributed by atoms with Crippen LogP contribution >= 0.6 is 12.2 Å². The largest absolute Gasteiger partial charge is 0.469 e. The summed E-state index contributed by atoms with van der Waals surface area (Å²) in [5.41, 5.74) is 0. The maximum atomic E-state index is 13.3. The maximum Gasteiger partial charge on any atom is 0.313 e. The number of carbonyl (C=O) groups is 2. The Morgan fingerprint density at radius 2 is 1.32 bits per heavy atom. The van der Waals surface area contributed by atoms with Gasteiger partial charge < -0.3 is 90.3 Å². The van der Waals surface area contributed by atoms with Crippen LogP contribution in [0.5, 0.6) is 0 Å². The Morgan fingerprint density at radius 1 is 0.714 bits per heavy atom. The lowest BCUT2D eigenvalue weighted by molar-refractivity contribution is -0.309. The van der Waals surface area contributed by atoms with Gasteiger partial charge in [0.25, 0.3) is 0 Å². The molecule has 4 aliphatic heterocycles. The number of nitrogens with zero attached hydrogens (tertiary/aromatic N) is 1. The van der Waals surface area contributed by atoms with Crippen molar-refractivity contribution in [2.75, 3.05) is 33.3 Å². The summed E-state index contributed by atoms with van der Waals surface area (Å²) in [4.78, 5) is 28.4. The zero-order chi connectivity index (χ0) is 56.7. The Balaban J connectivity index is 1.57. The molecule has 2 bridgehead atoms. The van der Waals surface area contributed by atoms with E-state index in [0.29, 0.717) is 6.54 Å². The quantitative estimate of drug-likeness (QED) is 0.128. The fourth-order valence-electron chi connectivity index (χ4n) is 9.94. The van der Waals surface area contributed by atoms with Gasteiger partial charge in [0.2, 0.25) is 0 Å². The zero-order valence-electron chi connectivity index (χ0n) is 45.3. The van der Waals surface area contributed by atoms with Gasteiger partial charge in [0.15, 0.2) is 17.2 Å². The van der Waals surface area contributed by atoms with E-state index in [0.717, 1.165) is 39.6 Å². The van der Waals surface area contributed by atoms with Gasteiger partial charge in [0.05, 0.1) is 80.6 Å². The highest BCUT2D eigenvalue weighted by Crippen LogP contribution is 2.39. The molecule has 0 aromatic rings. The second-order valence-corrected chi connectivity index (χ2v) is 21.4. The average Bonchev–Trinajstić information content (AvgIpc) is 3.37. The summed E-state index contributed by atoms with van der Waals surface area (Å²) in [6, 6.07) is -1.05. The third kappa shape index (κ3) is 22.7. The fourth-order valence-corrected chi connectivity index (χ4v) is 10.2. The van der Waals surface area contributed by atoms with Crippen molar-refractivity contribution in [2.45, 2.75) is 196 Å². The van der Waals surface area contributed by atoms with E-state index in [1.54, 1.807) is 63.3 Å². The van der Waals surface area contributed by atoms with Crippen molar-refractivity contribution >= 4 is 29.3 Å². The number of thiocarbonyl (C=S) groups is 1. The molecule has 436 valence electrons. The van der Waals surface area contributed by atoms with Crippen molar-refractivity contribution < 1.29 is 84.3 Å². The predicted octanol–water partition coefficient (Wildman–Crippen LogP) is 1.79. The topological polar surface area (TPSA) is 310 Å². The van der Waals surface area contributed by atoms with Gasteiger partial charge >= 0.3 is 11.9 Å². The summed E-state index contributed by atoms with van der Waals surface area (Å²) < 4.78 is 29.2. The first-order valence-electron chi connectivity index (χ1n) is 27.2. The van der Waals surface area contributed by atoms with Gasteiger partial charge in [-0.3, -0.25) is 9.59 Å².